The van der Waals surface area contributed by atoms with E-state index >= 15 is 0 Å². The molecule has 0 atom stereocenters. The van der Waals surface area contributed by atoms with Crippen molar-refractivity contribution in [2.45, 2.75) is 33.0 Å². The van der Waals surface area contributed by atoms with Gasteiger partial charge in [0.2, 0.25) is 0 Å². The van der Waals surface area contributed by atoms with E-state index in [1.165, 1.54) is 0 Å². The Hall–Kier alpha value is -3.21. The molecular formula is C22H24N4O. The highest BCUT2D eigenvalue weighted by atomic mass is 16.2. The van der Waals surface area contributed by atoms with Gasteiger partial charge in [-0.15, -0.1) is 0 Å². The molecule has 0 radical (unpaired) electrons. The summed E-state index contributed by atoms with van der Waals surface area (Å²) in [6.07, 6.45) is 5.27. The Morgan fingerprint density at radius 1 is 1.00 bits per heavy atom. The van der Waals surface area contributed by atoms with Crippen molar-refractivity contribution >= 4 is 11.6 Å². The fourth-order valence-electron chi connectivity index (χ4n) is 2.75. The number of pyridine rings is 2. The Balaban J connectivity index is 1.66. The van der Waals surface area contributed by atoms with Gasteiger partial charge in [-0.3, -0.25) is 9.78 Å². The second kappa shape index (κ2) is 8.94. The molecule has 0 unspecified atom stereocenters. The van der Waals surface area contributed by atoms with Crippen LogP contribution in [0.4, 0.5) is 5.69 Å². The van der Waals surface area contributed by atoms with Crippen LogP contribution in [0.25, 0.3) is 0 Å². The maximum Gasteiger partial charge on any atom is 0.272 e. The third kappa shape index (κ3) is 5.14. The minimum Gasteiger partial charge on any atom is -0.380 e. The van der Waals surface area contributed by atoms with E-state index in [9.17, 15) is 4.79 Å². The summed E-state index contributed by atoms with van der Waals surface area (Å²) in [5, 5.41) is 3.29. The van der Waals surface area contributed by atoms with Gasteiger partial charge in [0.15, 0.2) is 0 Å². The maximum atomic E-state index is 12.9. The predicted molar refractivity (Wildman–Crippen MR) is 107 cm³/mol. The zero-order valence-corrected chi connectivity index (χ0v) is 15.7. The Morgan fingerprint density at radius 3 is 2.41 bits per heavy atom. The summed E-state index contributed by atoms with van der Waals surface area (Å²) in [4.78, 5) is 23.2. The molecule has 1 amide bonds. The van der Waals surface area contributed by atoms with Crippen LogP contribution in [-0.2, 0) is 13.1 Å². The highest BCUT2D eigenvalue weighted by molar-refractivity contribution is 5.92. The van der Waals surface area contributed by atoms with Gasteiger partial charge in [0, 0.05) is 31.5 Å². The molecule has 27 heavy (non-hydrogen) atoms. The Bertz CT molecular complexity index is 849. The average molecular weight is 360 g/mol. The molecule has 2 aromatic heterocycles. The topological polar surface area (TPSA) is 58.1 Å². The van der Waals surface area contributed by atoms with Crippen molar-refractivity contribution in [2.75, 3.05) is 5.32 Å². The summed E-state index contributed by atoms with van der Waals surface area (Å²) in [7, 11) is 0. The third-order valence-electron chi connectivity index (χ3n) is 4.28. The molecule has 1 aromatic carbocycles. The number of aromatic nitrogens is 2. The monoisotopic (exact) mass is 360 g/mol. The van der Waals surface area contributed by atoms with Crippen molar-refractivity contribution in [1.82, 2.24) is 14.9 Å². The Kier molecular flexibility index (Phi) is 6.15. The highest BCUT2D eigenvalue weighted by Gasteiger charge is 2.20. The molecule has 0 bridgehead atoms. The Labute approximate surface area is 160 Å². The number of hydrogen-bond donors (Lipinski definition) is 1. The molecule has 0 fully saturated rings. The zero-order valence-electron chi connectivity index (χ0n) is 15.7. The predicted octanol–water partition coefficient (Wildman–Crippen LogP) is 4.14. The van der Waals surface area contributed by atoms with Crippen LogP contribution in [0, 0.1) is 0 Å². The van der Waals surface area contributed by atoms with E-state index < -0.39 is 0 Å². The van der Waals surface area contributed by atoms with Crippen LogP contribution >= 0.6 is 0 Å². The number of carbonyl (C=O) groups excluding carboxylic acids is 1. The first-order valence-corrected chi connectivity index (χ1v) is 9.07. The fraction of sp³-hybridized carbons (Fsp3) is 0.227. The molecule has 138 valence electrons. The van der Waals surface area contributed by atoms with Crippen molar-refractivity contribution in [2.24, 2.45) is 0 Å². The number of anilines is 1. The van der Waals surface area contributed by atoms with Crippen LogP contribution < -0.4 is 5.32 Å². The molecular weight excluding hydrogens is 336 g/mol. The van der Waals surface area contributed by atoms with Crippen molar-refractivity contribution < 1.29 is 4.79 Å². The summed E-state index contributed by atoms with van der Waals surface area (Å²) >= 11 is 0. The van der Waals surface area contributed by atoms with Crippen LogP contribution in [-0.4, -0.2) is 26.8 Å². The van der Waals surface area contributed by atoms with Gasteiger partial charge < -0.3 is 10.2 Å². The lowest BCUT2D eigenvalue weighted by atomic mass is 10.1. The lowest BCUT2D eigenvalue weighted by molar-refractivity contribution is 0.0684. The summed E-state index contributed by atoms with van der Waals surface area (Å²) in [6, 6.07) is 17.7. The van der Waals surface area contributed by atoms with E-state index in [-0.39, 0.29) is 11.9 Å². The van der Waals surface area contributed by atoms with Gasteiger partial charge >= 0.3 is 0 Å². The molecule has 0 aliphatic rings. The molecule has 3 aromatic rings. The number of carbonyl (C=O) groups is 1. The Morgan fingerprint density at radius 2 is 1.78 bits per heavy atom. The normalized spacial score (nSPS) is 10.6. The first-order chi connectivity index (χ1) is 13.1. The summed E-state index contributed by atoms with van der Waals surface area (Å²) < 4.78 is 0. The van der Waals surface area contributed by atoms with Crippen molar-refractivity contribution in [3.05, 3.63) is 90.0 Å². The van der Waals surface area contributed by atoms with E-state index in [0.29, 0.717) is 18.8 Å². The molecule has 0 spiro atoms. The van der Waals surface area contributed by atoms with Crippen LogP contribution in [0.5, 0.6) is 0 Å². The zero-order chi connectivity index (χ0) is 19.1. The van der Waals surface area contributed by atoms with Crippen molar-refractivity contribution in [3.8, 4) is 0 Å². The molecule has 0 saturated carbocycles. The number of benzene rings is 1. The lowest BCUT2D eigenvalue weighted by Crippen LogP contribution is -2.36. The average Bonchev–Trinajstić information content (AvgIpc) is 2.72. The number of hydrogen-bond acceptors (Lipinski definition) is 4. The molecule has 0 aliphatic heterocycles. The van der Waals surface area contributed by atoms with E-state index in [4.69, 9.17) is 0 Å². The summed E-state index contributed by atoms with van der Waals surface area (Å²) in [5.74, 6) is -0.0623. The SMILES string of the molecule is CC(C)N(Cc1ccccc1)C(=O)c1ccc(NCc2cccnc2)cn1. The van der Waals surface area contributed by atoms with Gasteiger partial charge in [0.1, 0.15) is 5.69 Å². The second-order valence-electron chi connectivity index (χ2n) is 6.66. The minimum absolute atomic E-state index is 0.0623. The molecule has 0 saturated heterocycles. The third-order valence-corrected chi connectivity index (χ3v) is 4.28. The second-order valence-corrected chi connectivity index (χ2v) is 6.66. The number of rotatable bonds is 7. The van der Waals surface area contributed by atoms with Gasteiger partial charge in [-0.1, -0.05) is 36.4 Å². The van der Waals surface area contributed by atoms with Gasteiger partial charge in [0.25, 0.3) is 5.91 Å². The molecule has 0 aliphatic carbocycles. The summed E-state index contributed by atoms with van der Waals surface area (Å²) in [6.45, 7) is 5.27. The first kappa shape index (κ1) is 18.6. The molecule has 5 nitrogen and oxygen atoms in total. The maximum absolute atomic E-state index is 12.9. The van der Waals surface area contributed by atoms with Gasteiger partial charge in [-0.25, -0.2) is 4.98 Å². The van der Waals surface area contributed by atoms with Gasteiger partial charge in [-0.2, -0.15) is 0 Å². The summed E-state index contributed by atoms with van der Waals surface area (Å²) in [5.41, 5.74) is 3.52. The van der Waals surface area contributed by atoms with E-state index in [1.54, 1.807) is 18.5 Å². The van der Waals surface area contributed by atoms with Crippen LogP contribution in [0.15, 0.2) is 73.2 Å². The number of nitrogens with one attached hydrogen (secondary N) is 1. The smallest absolute Gasteiger partial charge is 0.272 e. The van der Waals surface area contributed by atoms with Crippen LogP contribution in [0.2, 0.25) is 0 Å². The van der Waals surface area contributed by atoms with Crippen molar-refractivity contribution in [3.63, 3.8) is 0 Å². The molecule has 3 rings (SSSR count). The highest BCUT2D eigenvalue weighted by Crippen LogP contribution is 2.14. The van der Waals surface area contributed by atoms with Gasteiger partial charge in [-0.05, 0) is 43.2 Å². The van der Waals surface area contributed by atoms with E-state index in [1.807, 2.05) is 73.5 Å². The minimum atomic E-state index is -0.0623. The van der Waals surface area contributed by atoms with Gasteiger partial charge in [0.05, 0.1) is 11.9 Å². The first-order valence-electron chi connectivity index (χ1n) is 9.07. The molecule has 5 heteroatoms. The lowest BCUT2D eigenvalue weighted by Gasteiger charge is -2.26. The van der Waals surface area contributed by atoms with Crippen molar-refractivity contribution in [1.29, 1.82) is 0 Å². The molecule has 2 heterocycles. The quantitative estimate of drug-likeness (QED) is 0.688. The number of amides is 1. The molecule has 1 N–H and O–H groups in total. The van der Waals surface area contributed by atoms with Crippen LogP contribution in [0.3, 0.4) is 0 Å². The van der Waals surface area contributed by atoms with Crippen LogP contribution in [0.1, 0.15) is 35.5 Å². The largest absolute Gasteiger partial charge is 0.380 e. The fourth-order valence-corrected chi connectivity index (χ4v) is 2.75. The van der Waals surface area contributed by atoms with E-state index in [0.717, 1.165) is 16.8 Å². The standard InChI is InChI=1S/C22H24N4O/c1-17(2)26(16-18-7-4-3-5-8-18)22(27)21-11-10-20(15-25-21)24-14-19-9-6-12-23-13-19/h3-13,15,17,24H,14,16H2,1-2H3. The van der Waals surface area contributed by atoms with E-state index in [2.05, 4.69) is 15.3 Å². The number of nitrogens with zero attached hydrogens (tertiary/aromatic N) is 3.